The molecule has 4 heteroatoms. The molecule has 0 spiro atoms. The predicted octanol–water partition coefficient (Wildman–Crippen LogP) is 3.08. The van der Waals surface area contributed by atoms with Crippen LogP contribution in [0.15, 0.2) is 24.3 Å². The topological polar surface area (TPSA) is 20.3 Å². The lowest BCUT2D eigenvalue weighted by Crippen LogP contribution is -2.25. The molecule has 0 aliphatic heterocycles. The molecule has 0 heterocycles. The minimum absolute atomic E-state index is 0.000882. The Morgan fingerprint density at radius 2 is 2.06 bits per heavy atom. The number of ketones is 1. The number of Topliss-reactive ketones (excluding diaryl/α,β-unsaturated/α-hetero) is 1. The highest BCUT2D eigenvalue weighted by atomic mass is 32.2. The maximum Gasteiger partial charge on any atom is 0.172 e. The largest absolute Gasteiger partial charge is 0.303 e. The van der Waals surface area contributed by atoms with Gasteiger partial charge in [0, 0.05) is 17.9 Å². The third-order valence-corrected chi connectivity index (χ3v) is 3.76. The summed E-state index contributed by atoms with van der Waals surface area (Å²) in [5, 5.41) is 0. The average Bonchev–Trinajstić information content (AvgIpc) is 2.38. The highest BCUT2D eigenvalue weighted by Crippen LogP contribution is 2.09. The molecule has 1 rings (SSSR count). The first kappa shape index (κ1) is 15.2. The standard InChI is InChI=1S/C14H20FNOS/c1-3-16(4-2)8-9-18-11-14(17)12-6-5-7-13(15)10-12/h5-7,10H,3-4,8-9,11H2,1-2H3. The number of benzene rings is 1. The van der Waals surface area contributed by atoms with Crippen LogP contribution < -0.4 is 0 Å². The van der Waals surface area contributed by atoms with Gasteiger partial charge in [-0.1, -0.05) is 26.0 Å². The maximum absolute atomic E-state index is 12.9. The fourth-order valence-corrected chi connectivity index (χ4v) is 2.53. The van der Waals surface area contributed by atoms with E-state index in [1.807, 2.05) is 0 Å². The van der Waals surface area contributed by atoms with Crippen molar-refractivity contribution in [2.45, 2.75) is 13.8 Å². The summed E-state index contributed by atoms with van der Waals surface area (Å²) in [6.45, 7) is 7.33. The van der Waals surface area contributed by atoms with Crippen molar-refractivity contribution in [2.24, 2.45) is 0 Å². The summed E-state index contributed by atoms with van der Waals surface area (Å²) in [4.78, 5) is 14.1. The summed E-state index contributed by atoms with van der Waals surface area (Å²) in [5.41, 5.74) is 0.463. The zero-order valence-electron chi connectivity index (χ0n) is 11.0. The van der Waals surface area contributed by atoms with Crippen LogP contribution in [-0.2, 0) is 0 Å². The summed E-state index contributed by atoms with van der Waals surface area (Å²) in [7, 11) is 0. The molecule has 100 valence electrons. The number of hydrogen-bond acceptors (Lipinski definition) is 3. The Balaban J connectivity index is 2.29. The molecule has 0 saturated carbocycles. The van der Waals surface area contributed by atoms with Crippen LogP contribution in [0.5, 0.6) is 0 Å². The highest BCUT2D eigenvalue weighted by molar-refractivity contribution is 8.00. The van der Waals surface area contributed by atoms with Crippen molar-refractivity contribution in [1.82, 2.24) is 4.90 Å². The summed E-state index contributed by atoms with van der Waals surface area (Å²) < 4.78 is 12.9. The number of hydrogen-bond donors (Lipinski definition) is 0. The van der Waals surface area contributed by atoms with E-state index >= 15 is 0 Å². The molecule has 1 aromatic rings. The van der Waals surface area contributed by atoms with Gasteiger partial charge in [0.15, 0.2) is 5.78 Å². The minimum Gasteiger partial charge on any atom is -0.303 e. The number of halogens is 1. The fraction of sp³-hybridized carbons (Fsp3) is 0.500. The van der Waals surface area contributed by atoms with Crippen molar-refractivity contribution < 1.29 is 9.18 Å². The molecule has 2 nitrogen and oxygen atoms in total. The van der Waals surface area contributed by atoms with Gasteiger partial charge in [0.2, 0.25) is 0 Å². The van der Waals surface area contributed by atoms with E-state index in [0.29, 0.717) is 11.3 Å². The summed E-state index contributed by atoms with van der Waals surface area (Å²) in [5.74, 6) is 1.00. The summed E-state index contributed by atoms with van der Waals surface area (Å²) in [6.07, 6.45) is 0. The monoisotopic (exact) mass is 269 g/mol. The van der Waals surface area contributed by atoms with Crippen LogP contribution in [0.4, 0.5) is 4.39 Å². The molecule has 1 aromatic carbocycles. The van der Waals surface area contributed by atoms with E-state index in [0.717, 1.165) is 25.4 Å². The van der Waals surface area contributed by atoms with E-state index in [9.17, 15) is 9.18 Å². The van der Waals surface area contributed by atoms with Crippen LogP contribution in [0.1, 0.15) is 24.2 Å². The molecule has 0 atom stereocenters. The fourth-order valence-electron chi connectivity index (χ4n) is 1.64. The molecule has 0 aliphatic rings. The first-order valence-corrected chi connectivity index (χ1v) is 7.41. The second-order valence-electron chi connectivity index (χ2n) is 4.01. The van der Waals surface area contributed by atoms with Gasteiger partial charge in [-0.3, -0.25) is 4.79 Å². The number of carbonyl (C=O) groups is 1. The van der Waals surface area contributed by atoms with Gasteiger partial charge >= 0.3 is 0 Å². The zero-order valence-corrected chi connectivity index (χ0v) is 11.8. The lowest BCUT2D eigenvalue weighted by Gasteiger charge is -2.17. The Morgan fingerprint density at radius 3 is 2.67 bits per heavy atom. The lowest BCUT2D eigenvalue weighted by molar-refractivity contribution is 0.102. The highest BCUT2D eigenvalue weighted by Gasteiger charge is 2.07. The Hall–Kier alpha value is -0.870. The third-order valence-electron chi connectivity index (χ3n) is 2.83. The Kier molecular flexibility index (Phi) is 6.98. The smallest absolute Gasteiger partial charge is 0.172 e. The molecule has 0 aliphatic carbocycles. The first-order valence-electron chi connectivity index (χ1n) is 6.26. The summed E-state index contributed by atoms with van der Waals surface area (Å²) in [6, 6.07) is 5.89. The minimum atomic E-state index is -0.353. The molecule has 0 bridgehead atoms. The second kappa shape index (κ2) is 8.27. The predicted molar refractivity (Wildman–Crippen MR) is 75.8 cm³/mol. The average molecular weight is 269 g/mol. The van der Waals surface area contributed by atoms with E-state index in [-0.39, 0.29) is 11.6 Å². The quantitative estimate of drug-likeness (QED) is 0.534. The molecular formula is C14H20FNOS. The van der Waals surface area contributed by atoms with Crippen molar-refractivity contribution in [2.75, 3.05) is 31.1 Å². The van der Waals surface area contributed by atoms with Crippen molar-refractivity contribution in [3.63, 3.8) is 0 Å². The normalized spacial score (nSPS) is 10.9. The molecule has 0 radical (unpaired) electrons. The van der Waals surface area contributed by atoms with E-state index in [2.05, 4.69) is 18.7 Å². The van der Waals surface area contributed by atoms with Crippen molar-refractivity contribution in [3.8, 4) is 0 Å². The molecule has 18 heavy (non-hydrogen) atoms. The molecule has 0 fully saturated rings. The lowest BCUT2D eigenvalue weighted by atomic mass is 10.1. The van der Waals surface area contributed by atoms with Crippen molar-refractivity contribution in [3.05, 3.63) is 35.6 Å². The third kappa shape index (κ3) is 5.19. The van der Waals surface area contributed by atoms with Crippen LogP contribution in [0.25, 0.3) is 0 Å². The number of thioether (sulfide) groups is 1. The SMILES string of the molecule is CCN(CC)CCSCC(=O)c1cccc(F)c1. The van der Waals surface area contributed by atoms with E-state index in [4.69, 9.17) is 0 Å². The van der Waals surface area contributed by atoms with Crippen molar-refractivity contribution >= 4 is 17.5 Å². The molecule has 0 unspecified atom stereocenters. The van der Waals surface area contributed by atoms with Crippen LogP contribution >= 0.6 is 11.8 Å². The first-order chi connectivity index (χ1) is 8.67. The molecule has 0 aromatic heterocycles. The second-order valence-corrected chi connectivity index (χ2v) is 5.12. The Labute approximate surface area is 113 Å². The van der Waals surface area contributed by atoms with Crippen molar-refractivity contribution in [1.29, 1.82) is 0 Å². The van der Waals surface area contributed by atoms with Gasteiger partial charge in [-0.15, -0.1) is 0 Å². The Morgan fingerprint density at radius 1 is 1.33 bits per heavy atom. The van der Waals surface area contributed by atoms with Gasteiger partial charge < -0.3 is 4.90 Å². The van der Waals surface area contributed by atoms with Crippen LogP contribution in [0, 0.1) is 5.82 Å². The van der Waals surface area contributed by atoms with E-state index < -0.39 is 0 Å². The van der Waals surface area contributed by atoms with E-state index in [1.54, 1.807) is 23.9 Å². The van der Waals surface area contributed by atoms with Gasteiger partial charge in [-0.2, -0.15) is 11.8 Å². The molecule has 0 saturated heterocycles. The molecule has 0 amide bonds. The van der Waals surface area contributed by atoms with Gasteiger partial charge in [0.1, 0.15) is 5.82 Å². The van der Waals surface area contributed by atoms with Gasteiger partial charge in [0.05, 0.1) is 5.75 Å². The summed E-state index contributed by atoms with van der Waals surface area (Å²) >= 11 is 1.61. The van der Waals surface area contributed by atoms with E-state index in [1.165, 1.54) is 12.1 Å². The van der Waals surface area contributed by atoms with Crippen LogP contribution in [0.3, 0.4) is 0 Å². The van der Waals surface area contributed by atoms with Crippen LogP contribution in [0.2, 0.25) is 0 Å². The van der Waals surface area contributed by atoms with Crippen LogP contribution in [-0.4, -0.2) is 41.8 Å². The zero-order chi connectivity index (χ0) is 13.4. The maximum atomic E-state index is 12.9. The number of nitrogens with zero attached hydrogens (tertiary/aromatic N) is 1. The van der Waals surface area contributed by atoms with Gasteiger partial charge in [0.25, 0.3) is 0 Å². The molecule has 0 N–H and O–H groups in total. The van der Waals surface area contributed by atoms with Gasteiger partial charge in [-0.25, -0.2) is 4.39 Å². The molecular weight excluding hydrogens is 249 g/mol. The number of carbonyl (C=O) groups excluding carboxylic acids is 1. The Bertz CT molecular complexity index is 380. The number of rotatable bonds is 8. The van der Waals surface area contributed by atoms with Gasteiger partial charge in [-0.05, 0) is 25.2 Å².